The van der Waals surface area contributed by atoms with Gasteiger partial charge in [0.05, 0.1) is 33.9 Å². The van der Waals surface area contributed by atoms with Crippen LogP contribution in [0.15, 0.2) is 252 Å². The third kappa shape index (κ3) is 6.73. The van der Waals surface area contributed by atoms with E-state index in [9.17, 15) is 0 Å². The molecule has 0 amide bonds. The lowest BCUT2D eigenvalue weighted by Gasteiger charge is -2.36. The zero-order valence-corrected chi connectivity index (χ0v) is 38.7. The standard InChI is InChI=1S/C65H48N4O/c1-43(64-66-54(46-26-12-5-13-27-46)42-55(67-64)47-28-14-6-15-29-47)40-52(45-24-10-4-11-25-45)59(41-44-22-8-3-9-23-44)69-56-34-20-18-32-51(56)60-58(69)37-36-49-50-38-39-65(2)53-33-19-21-35-57(53)68(48-30-16-7-17-31-48)63(65)62(50)70-61(49)60/h3-42,54,63H,1H2,2H3,(H,66,67)/b52-40-,59-41-/t54?,63?,65-/m1/s1. The molecule has 0 fully saturated rings. The fourth-order valence-electron chi connectivity index (χ4n) is 11.1. The number of nitrogens with one attached hydrogen (secondary N) is 1. The molecule has 0 saturated carbocycles. The van der Waals surface area contributed by atoms with Gasteiger partial charge in [-0.2, -0.15) is 0 Å². The molecule has 3 aliphatic rings. The van der Waals surface area contributed by atoms with E-state index in [0.29, 0.717) is 5.84 Å². The molecule has 5 nitrogen and oxygen atoms in total. The van der Waals surface area contributed by atoms with Crippen molar-refractivity contribution in [3.05, 3.63) is 282 Å². The van der Waals surface area contributed by atoms with E-state index in [1.807, 2.05) is 6.07 Å². The van der Waals surface area contributed by atoms with Gasteiger partial charge in [-0.25, -0.2) is 4.99 Å². The van der Waals surface area contributed by atoms with Crippen LogP contribution in [-0.4, -0.2) is 10.4 Å². The van der Waals surface area contributed by atoms with Crippen LogP contribution in [0.4, 0.5) is 11.4 Å². The Morgan fingerprint density at radius 1 is 0.671 bits per heavy atom. The molecule has 0 spiro atoms. The number of para-hydroxylation sites is 3. The molecule has 70 heavy (non-hydrogen) atoms. The van der Waals surface area contributed by atoms with Crippen molar-refractivity contribution in [1.29, 1.82) is 0 Å². The van der Waals surface area contributed by atoms with Crippen LogP contribution >= 0.6 is 0 Å². The lowest BCUT2D eigenvalue weighted by Crippen LogP contribution is -2.33. The number of furan rings is 1. The third-order valence-electron chi connectivity index (χ3n) is 14.4. The van der Waals surface area contributed by atoms with Crippen molar-refractivity contribution in [1.82, 2.24) is 9.88 Å². The molecule has 13 rings (SSSR count). The summed E-state index contributed by atoms with van der Waals surface area (Å²) in [5.41, 5.74) is 15.4. The SMILES string of the molecule is C=C(/C=C(\C(=C\c1ccccc1)n1c2ccccc2c2c3oc4c(c3ccc21)C=C[C@]1(C)c2ccccc2N(c2ccccc2)C41)c1ccccc1)C1=NC(c2ccccc2)=CC(c2ccccc2)N1. The minimum absolute atomic E-state index is 0.0923. The summed E-state index contributed by atoms with van der Waals surface area (Å²) in [7, 11) is 0. The number of rotatable bonds is 9. The fraction of sp³-hybridized carbons (Fsp3) is 0.0615. The molecule has 5 heteroatoms. The van der Waals surface area contributed by atoms with Gasteiger partial charge in [-0.05, 0) is 89.4 Å². The minimum Gasteiger partial charge on any atom is -0.457 e. The van der Waals surface area contributed by atoms with Crippen LogP contribution in [-0.2, 0) is 5.41 Å². The maximum Gasteiger partial charge on any atom is 0.145 e. The second kappa shape index (κ2) is 16.7. The maximum absolute atomic E-state index is 7.48. The fourth-order valence-corrected chi connectivity index (χ4v) is 11.1. The van der Waals surface area contributed by atoms with Crippen LogP contribution in [0.1, 0.15) is 58.1 Å². The molecule has 2 unspecified atom stereocenters. The Bertz CT molecular complexity index is 3820. The van der Waals surface area contributed by atoms with Gasteiger partial charge in [0.25, 0.3) is 0 Å². The highest BCUT2D eigenvalue weighted by molar-refractivity contribution is 6.24. The number of aromatic nitrogens is 1. The van der Waals surface area contributed by atoms with Crippen molar-refractivity contribution in [2.75, 3.05) is 4.90 Å². The second-order valence-corrected chi connectivity index (χ2v) is 18.6. The zero-order valence-electron chi connectivity index (χ0n) is 38.7. The number of hydrogen-bond donors (Lipinski definition) is 1. The Kier molecular flexibility index (Phi) is 9.84. The van der Waals surface area contributed by atoms with E-state index >= 15 is 0 Å². The Hall–Kier alpha value is -8.93. The molecule has 0 radical (unpaired) electrons. The van der Waals surface area contributed by atoms with Crippen molar-refractivity contribution in [2.24, 2.45) is 4.99 Å². The van der Waals surface area contributed by atoms with E-state index in [4.69, 9.17) is 16.0 Å². The van der Waals surface area contributed by atoms with E-state index < -0.39 is 0 Å². The first-order chi connectivity index (χ1) is 34.5. The van der Waals surface area contributed by atoms with Gasteiger partial charge < -0.3 is 19.2 Å². The van der Waals surface area contributed by atoms with Crippen LogP contribution in [0.2, 0.25) is 0 Å². The molecule has 10 aromatic rings. The van der Waals surface area contributed by atoms with E-state index in [-0.39, 0.29) is 17.5 Å². The topological polar surface area (TPSA) is 45.7 Å². The number of fused-ring (bicyclic) bond motifs is 11. The van der Waals surface area contributed by atoms with Crippen LogP contribution in [0.5, 0.6) is 0 Å². The number of allylic oxidation sites excluding steroid dienone is 2. The molecule has 2 aliphatic heterocycles. The van der Waals surface area contributed by atoms with Gasteiger partial charge in [-0.15, -0.1) is 0 Å². The monoisotopic (exact) mass is 900 g/mol. The number of aliphatic imine (C=N–C) groups is 1. The first-order valence-corrected chi connectivity index (χ1v) is 24.0. The Morgan fingerprint density at radius 3 is 2.10 bits per heavy atom. The van der Waals surface area contributed by atoms with Gasteiger partial charge >= 0.3 is 0 Å². The van der Waals surface area contributed by atoms with Gasteiger partial charge in [0, 0.05) is 44.3 Å². The average molecular weight is 901 g/mol. The normalized spacial score (nSPS) is 18.6. The molecular formula is C65H48N4O. The van der Waals surface area contributed by atoms with Gasteiger partial charge in [0.15, 0.2) is 0 Å². The van der Waals surface area contributed by atoms with E-state index in [1.165, 1.54) is 11.3 Å². The summed E-state index contributed by atoms with van der Waals surface area (Å²) in [6.07, 6.45) is 11.4. The lowest BCUT2D eigenvalue weighted by atomic mass is 9.73. The van der Waals surface area contributed by atoms with Gasteiger partial charge in [-0.3, -0.25) is 0 Å². The summed E-state index contributed by atoms with van der Waals surface area (Å²) in [5.74, 6) is 1.69. The highest BCUT2D eigenvalue weighted by Gasteiger charge is 2.52. The van der Waals surface area contributed by atoms with Gasteiger partial charge in [0.2, 0.25) is 0 Å². The van der Waals surface area contributed by atoms with Crippen molar-refractivity contribution < 1.29 is 4.42 Å². The van der Waals surface area contributed by atoms with Crippen LogP contribution in [0.3, 0.4) is 0 Å². The Balaban J connectivity index is 1.03. The smallest absolute Gasteiger partial charge is 0.145 e. The molecule has 3 atom stereocenters. The first-order valence-electron chi connectivity index (χ1n) is 24.0. The van der Waals surface area contributed by atoms with Crippen molar-refractivity contribution >= 4 is 79.1 Å². The Morgan fingerprint density at radius 2 is 1.33 bits per heavy atom. The van der Waals surface area contributed by atoms with E-state index in [0.717, 1.165) is 94.6 Å². The highest BCUT2D eigenvalue weighted by atomic mass is 16.3. The predicted molar refractivity (Wildman–Crippen MR) is 292 cm³/mol. The molecule has 4 heterocycles. The average Bonchev–Trinajstić information content (AvgIpc) is 4.06. The molecule has 1 aliphatic carbocycles. The summed E-state index contributed by atoms with van der Waals surface area (Å²) in [5, 5.41) is 7.06. The zero-order chi connectivity index (χ0) is 46.8. The molecule has 1 N–H and O–H groups in total. The molecule has 0 bridgehead atoms. The molecule has 2 aromatic heterocycles. The van der Waals surface area contributed by atoms with E-state index in [1.54, 1.807) is 0 Å². The number of hydrogen-bond acceptors (Lipinski definition) is 4. The minimum atomic E-state index is -0.319. The Labute approximate surface area is 407 Å². The molecular weight excluding hydrogens is 853 g/mol. The van der Waals surface area contributed by atoms with Crippen molar-refractivity contribution in [2.45, 2.75) is 24.4 Å². The summed E-state index contributed by atoms with van der Waals surface area (Å²) < 4.78 is 9.90. The quantitative estimate of drug-likeness (QED) is 0.147. The van der Waals surface area contributed by atoms with Gasteiger partial charge in [-0.1, -0.05) is 195 Å². The summed E-state index contributed by atoms with van der Waals surface area (Å²) in [4.78, 5) is 7.77. The first kappa shape index (κ1) is 41.3. The maximum atomic E-state index is 7.48. The van der Waals surface area contributed by atoms with Crippen molar-refractivity contribution in [3.8, 4) is 0 Å². The molecule has 0 saturated heterocycles. The van der Waals surface area contributed by atoms with E-state index in [2.05, 4.69) is 258 Å². The van der Waals surface area contributed by atoms with Crippen LogP contribution in [0, 0.1) is 0 Å². The van der Waals surface area contributed by atoms with Crippen LogP contribution in [0.25, 0.3) is 61.9 Å². The second-order valence-electron chi connectivity index (χ2n) is 18.6. The summed E-state index contributed by atoms with van der Waals surface area (Å²) >= 11 is 0. The summed E-state index contributed by atoms with van der Waals surface area (Å²) in [6.45, 7) is 7.15. The van der Waals surface area contributed by atoms with Crippen molar-refractivity contribution in [3.63, 3.8) is 0 Å². The largest absolute Gasteiger partial charge is 0.457 e. The van der Waals surface area contributed by atoms with Crippen LogP contribution < -0.4 is 10.2 Å². The molecule has 334 valence electrons. The predicted octanol–water partition coefficient (Wildman–Crippen LogP) is 16.1. The van der Waals surface area contributed by atoms with Gasteiger partial charge in [0.1, 0.15) is 23.2 Å². The number of anilines is 2. The lowest BCUT2D eigenvalue weighted by molar-refractivity contribution is 0.410. The summed E-state index contributed by atoms with van der Waals surface area (Å²) in [6, 6.07) is 74.8. The third-order valence-corrected chi connectivity index (χ3v) is 14.4. The molecule has 8 aromatic carbocycles. The number of benzene rings is 8. The number of amidine groups is 1. The number of nitrogens with zero attached hydrogens (tertiary/aromatic N) is 3. The highest BCUT2D eigenvalue weighted by Crippen LogP contribution is 2.60.